The van der Waals surface area contributed by atoms with Crippen LogP contribution in [0.15, 0.2) is 47.1 Å². The van der Waals surface area contributed by atoms with Gasteiger partial charge in [0.25, 0.3) is 0 Å². The zero-order valence-corrected chi connectivity index (χ0v) is 21.8. The molecule has 6 rings (SSSR count). The highest BCUT2D eigenvalue weighted by Crippen LogP contribution is 2.32. The number of nitrogens with zero attached hydrogens (tertiary/aromatic N) is 4. The average Bonchev–Trinajstić information content (AvgIpc) is 3.62. The van der Waals surface area contributed by atoms with Crippen molar-refractivity contribution in [1.29, 1.82) is 0 Å². The first-order valence-corrected chi connectivity index (χ1v) is 13.4. The first-order chi connectivity index (χ1) is 18.9. The Hall–Kier alpha value is -3.79. The van der Waals surface area contributed by atoms with E-state index in [0.717, 1.165) is 22.2 Å². The molecular formula is C29H31FN4O5. The molecule has 0 spiro atoms. The van der Waals surface area contributed by atoms with E-state index in [1.165, 1.54) is 0 Å². The highest BCUT2D eigenvalue weighted by Gasteiger charge is 2.36. The first kappa shape index (κ1) is 25.5. The van der Waals surface area contributed by atoms with Crippen molar-refractivity contribution in [3.63, 3.8) is 0 Å². The molecule has 1 saturated carbocycles. The van der Waals surface area contributed by atoms with Crippen LogP contribution in [0.25, 0.3) is 33.6 Å². The van der Waals surface area contributed by atoms with Crippen LogP contribution in [-0.4, -0.2) is 67.9 Å². The van der Waals surface area contributed by atoms with Crippen molar-refractivity contribution < 1.29 is 28.2 Å². The first-order valence-electron chi connectivity index (χ1n) is 13.4. The zero-order chi connectivity index (χ0) is 27.1. The van der Waals surface area contributed by atoms with Crippen LogP contribution >= 0.6 is 0 Å². The Balaban J connectivity index is 1.12. The number of likely N-dealkylation sites (tertiary alicyclic amines) is 1. The number of ether oxygens (including phenoxy) is 1. The molecule has 1 aromatic carbocycles. The number of alkyl halides is 1. The van der Waals surface area contributed by atoms with E-state index in [2.05, 4.69) is 9.97 Å². The fraction of sp³-hybridized carbons (Fsp3) is 0.448. The van der Waals surface area contributed by atoms with Crippen LogP contribution in [0.4, 0.5) is 4.39 Å². The van der Waals surface area contributed by atoms with Gasteiger partial charge in [-0.2, -0.15) is 0 Å². The van der Waals surface area contributed by atoms with Gasteiger partial charge in [0.05, 0.1) is 43.2 Å². The van der Waals surface area contributed by atoms with E-state index in [1.807, 2.05) is 48.1 Å². The number of aromatic nitrogens is 3. The number of carboxylic acids is 1. The molecule has 9 nitrogen and oxygen atoms in total. The number of aryl methyl sites for hydroxylation is 1. The second-order valence-corrected chi connectivity index (χ2v) is 10.7. The second-order valence-electron chi connectivity index (χ2n) is 10.7. The number of hydrogen-bond acceptors (Lipinski definition) is 6. The van der Waals surface area contributed by atoms with Crippen molar-refractivity contribution in [2.24, 2.45) is 13.0 Å². The lowest BCUT2D eigenvalue weighted by Crippen LogP contribution is -2.40. The van der Waals surface area contributed by atoms with E-state index in [9.17, 15) is 19.1 Å². The summed E-state index contributed by atoms with van der Waals surface area (Å²) >= 11 is 0. The van der Waals surface area contributed by atoms with Crippen molar-refractivity contribution in [3.05, 3.63) is 48.3 Å². The van der Waals surface area contributed by atoms with Gasteiger partial charge in [-0.1, -0.05) is 6.07 Å². The Kier molecular flexibility index (Phi) is 6.80. The number of carboxylic acid groups (broad SMARTS) is 1. The van der Waals surface area contributed by atoms with Crippen molar-refractivity contribution in [2.45, 2.75) is 56.8 Å². The minimum atomic E-state index is -1.08. The predicted octanol–water partition coefficient (Wildman–Crippen LogP) is 4.52. The number of pyridine rings is 1. The SMILES string of the molecule is Cn1cc(-c2nc3ccc(CC(=O)N4C[C@@H](F)C[C@H]4CO[C@H]4CC[C@H](C(=O)O)CC4)cc3o2)c2cccnc21. The maximum Gasteiger partial charge on any atom is 0.306 e. The lowest BCUT2D eigenvalue weighted by Gasteiger charge is -2.29. The summed E-state index contributed by atoms with van der Waals surface area (Å²) in [7, 11) is 1.92. The Morgan fingerprint density at radius 3 is 2.82 bits per heavy atom. The number of hydrogen-bond donors (Lipinski definition) is 1. The molecule has 4 aromatic rings. The summed E-state index contributed by atoms with van der Waals surface area (Å²) in [4.78, 5) is 35.1. The topological polar surface area (TPSA) is 111 Å². The minimum Gasteiger partial charge on any atom is -0.481 e. The maximum atomic E-state index is 14.4. The molecule has 1 saturated heterocycles. The monoisotopic (exact) mass is 534 g/mol. The van der Waals surface area contributed by atoms with Gasteiger partial charge in [-0.3, -0.25) is 9.59 Å². The van der Waals surface area contributed by atoms with Crippen molar-refractivity contribution in [1.82, 2.24) is 19.4 Å². The standard InChI is InChI=1S/C29H31FN4O5/c1-33-15-23(22-3-2-10-31-27(22)33)28-32-24-9-4-17(11-25(24)39-28)12-26(35)34-14-19(30)13-20(34)16-38-21-7-5-18(6-8-21)29(36)37/h2-4,9-11,15,18-21H,5-8,12-14,16H2,1H3,(H,36,37)/t18-,19-,20-,21-/m0/s1. The van der Waals surface area contributed by atoms with Crippen LogP contribution in [0, 0.1) is 5.92 Å². The largest absolute Gasteiger partial charge is 0.481 e. The number of carbonyl (C=O) groups is 2. The number of benzene rings is 1. The molecule has 204 valence electrons. The molecule has 10 heteroatoms. The van der Waals surface area contributed by atoms with Crippen LogP contribution in [0.2, 0.25) is 0 Å². The molecule has 2 fully saturated rings. The number of carbonyl (C=O) groups excluding carboxylic acids is 1. The van der Waals surface area contributed by atoms with Gasteiger partial charge in [-0.05, 0) is 55.5 Å². The smallest absolute Gasteiger partial charge is 0.306 e. The molecule has 0 unspecified atom stereocenters. The molecule has 1 aliphatic carbocycles. The van der Waals surface area contributed by atoms with Gasteiger partial charge < -0.3 is 23.7 Å². The van der Waals surface area contributed by atoms with Crippen LogP contribution in [0.5, 0.6) is 0 Å². The van der Waals surface area contributed by atoms with Crippen LogP contribution in [0.1, 0.15) is 37.7 Å². The molecule has 0 radical (unpaired) electrons. The van der Waals surface area contributed by atoms with E-state index >= 15 is 0 Å². The van der Waals surface area contributed by atoms with E-state index in [-0.39, 0.29) is 50.0 Å². The van der Waals surface area contributed by atoms with Gasteiger partial charge in [-0.15, -0.1) is 0 Å². The molecule has 1 aliphatic heterocycles. The lowest BCUT2D eigenvalue weighted by atomic mass is 9.87. The van der Waals surface area contributed by atoms with Crippen LogP contribution in [-0.2, 0) is 27.8 Å². The summed E-state index contributed by atoms with van der Waals surface area (Å²) < 4.78 is 28.4. The average molecular weight is 535 g/mol. The van der Waals surface area contributed by atoms with Crippen molar-refractivity contribution >= 4 is 34.0 Å². The molecule has 1 amide bonds. The third kappa shape index (κ3) is 5.13. The Labute approximate surface area is 224 Å². The minimum absolute atomic E-state index is 0.0446. The summed E-state index contributed by atoms with van der Waals surface area (Å²) in [6.45, 7) is 0.321. The molecule has 39 heavy (non-hydrogen) atoms. The summed E-state index contributed by atoms with van der Waals surface area (Å²) in [5.74, 6) is -0.739. The van der Waals surface area contributed by atoms with E-state index in [0.29, 0.717) is 42.7 Å². The third-order valence-electron chi connectivity index (χ3n) is 8.00. The van der Waals surface area contributed by atoms with Gasteiger partial charge in [0.15, 0.2) is 5.58 Å². The normalized spacial score (nSPS) is 23.6. The third-order valence-corrected chi connectivity index (χ3v) is 8.00. The number of amides is 1. The van der Waals surface area contributed by atoms with Gasteiger partial charge >= 0.3 is 5.97 Å². The van der Waals surface area contributed by atoms with Gasteiger partial charge in [-0.25, -0.2) is 14.4 Å². The summed E-state index contributed by atoms with van der Waals surface area (Å²) in [5, 5.41) is 10.1. The molecule has 2 aliphatic rings. The van der Waals surface area contributed by atoms with E-state index < -0.39 is 12.1 Å². The predicted molar refractivity (Wildman–Crippen MR) is 142 cm³/mol. The van der Waals surface area contributed by atoms with E-state index in [4.69, 9.17) is 9.15 Å². The fourth-order valence-electron chi connectivity index (χ4n) is 5.90. The van der Waals surface area contributed by atoms with Crippen LogP contribution < -0.4 is 0 Å². The number of rotatable bonds is 7. The van der Waals surface area contributed by atoms with Crippen molar-refractivity contribution in [2.75, 3.05) is 13.2 Å². The summed E-state index contributed by atoms with van der Waals surface area (Å²) in [5.41, 5.74) is 3.72. The summed E-state index contributed by atoms with van der Waals surface area (Å²) in [6, 6.07) is 9.04. The Bertz CT molecular complexity index is 1520. The number of aliphatic carboxylic acids is 1. The number of oxazole rings is 1. The summed E-state index contributed by atoms with van der Waals surface area (Å²) in [6.07, 6.45) is 5.44. The maximum absolute atomic E-state index is 14.4. The fourth-order valence-corrected chi connectivity index (χ4v) is 5.90. The van der Waals surface area contributed by atoms with E-state index in [1.54, 1.807) is 11.1 Å². The molecular weight excluding hydrogens is 503 g/mol. The second kappa shape index (κ2) is 10.4. The molecule has 1 N–H and O–H groups in total. The highest BCUT2D eigenvalue weighted by atomic mass is 19.1. The van der Waals surface area contributed by atoms with Gasteiger partial charge in [0, 0.05) is 31.2 Å². The van der Waals surface area contributed by atoms with Crippen molar-refractivity contribution in [3.8, 4) is 11.5 Å². The highest BCUT2D eigenvalue weighted by molar-refractivity contribution is 5.93. The molecule has 3 aromatic heterocycles. The lowest BCUT2D eigenvalue weighted by molar-refractivity contribution is -0.144. The van der Waals surface area contributed by atoms with Gasteiger partial charge in [0.1, 0.15) is 17.3 Å². The number of halogens is 1. The van der Waals surface area contributed by atoms with Gasteiger partial charge in [0.2, 0.25) is 11.8 Å². The zero-order valence-electron chi connectivity index (χ0n) is 21.8. The Morgan fingerprint density at radius 2 is 2.03 bits per heavy atom. The molecule has 4 heterocycles. The Morgan fingerprint density at radius 1 is 1.21 bits per heavy atom. The quantitative estimate of drug-likeness (QED) is 0.371. The molecule has 2 atom stereocenters. The van der Waals surface area contributed by atoms with Crippen LogP contribution in [0.3, 0.4) is 0 Å². The number of fused-ring (bicyclic) bond motifs is 2. The molecule has 0 bridgehead atoms.